The lowest BCUT2D eigenvalue weighted by Crippen LogP contribution is -2.35. The highest BCUT2D eigenvalue weighted by Crippen LogP contribution is 2.21. The van der Waals surface area contributed by atoms with Gasteiger partial charge in [-0.3, -0.25) is 10.3 Å². The highest BCUT2D eigenvalue weighted by molar-refractivity contribution is 9.10. The fourth-order valence-corrected chi connectivity index (χ4v) is 2.65. The molecule has 1 aromatic carbocycles. The van der Waals surface area contributed by atoms with Crippen LogP contribution in [-0.2, 0) is 11.3 Å². The number of amides is 1. The Bertz CT molecular complexity index is 619. The van der Waals surface area contributed by atoms with Gasteiger partial charge in [0, 0.05) is 17.4 Å². The molecule has 0 unspecified atom stereocenters. The summed E-state index contributed by atoms with van der Waals surface area (Å²) in [7, 11) is 0. The molecule has 24 heavy (non-hydrogen) atoms. The minimum absolute atomic E-state index is 0.0213. The maximum atomic E-state index is 13.8. The zero-order valence-corrected chi connectivity index (χ0v) is 16.5. The third-order valence-electron chi connectivity index (χ3n) is 2.53. The van der Waals surface area contributed by atoms with Crippen molar-refractivity contribution in [2.24, 2.45) is 4.99 Å². The first kappa shape index (κ1) is 20.9. The fraction of sp³-hybridized carbons (Fsp3) is 0.500. The summed E-state index contributed by atoms with van der Waals surface area (Å²) in [5.41, 5.74) is -0.401. The first-order chi connectivity index (χ1) is 11.1. The highest BCUT2D eigenvalue weighted by atomic mass is 79.9. The summed E-state index contributed by atoms with van der Waals surface area (Å²) in [6.07, 6.45) is 0.265. The predicted molar refractivity (Wildman–Crippen MR) is 97.3 cm³/mol. The SMILES string of the molecule is CCCSC(=NCc1cc(Br)c(F)cc1F)NC(=O)OC(C)(C)C. The summed E-state index contributed by atoms with van der Waals surface area (Å²) >= 11 is 4.36. The molecule has 0 radical (unpaired) electrons. The van der Waals surface area contributed by atoms with Crippen LogP contribution in [0.2, 0.25) is 0 Å². The summed E-state index contributed by atoms with van der Waals surface area (Å²) < 4.78 is 32.4. The molecule has 0 heterocycles. The maximum absolute atomic E-state index is 13.8. The molecule has 0 aliphatic rings. The largest absolute Gasteiger partial charge is 0.444 e. The Balaban J connectivity index is 2.85. The van der Waals surface area contributed by atoms with E-state index in [1.807, 2.05) is 6.92 Å². The number of nitrogens with zero attached hydrogens (tertiary/aromatic N) is 1. The van der Waals surface area contributed by atoms with Crippen LogP contribution in [0.1, 0.15) is 39.7 Å². The summed E-state index contributed by atoms with van der Waals surface area (Å²) in [6.45, 7) is 7.25. The third kappa shape index (κ3) is 7.61. The molecule has 0 saturated carbocycles. The van der Waals surface area contributed by atoms with Gasteiger partial charge in [0.2, 0.25) is 0 Å². The van der Waals surface area contributed by atoms with Crippen LogP contribution in [-0.4, -0.2) is 22.6 Å². The number of thioether (sulfide) groups is 1. The molecule has 4 nitrogen and oxygen atoms in total. The average Bonchev–Trinajstić information content (AvgIpc) is 2.44. The van der Waals surface area contributed by atoms with Crippen LogP contribution < -0.4 is 5.32 Å². The van der Waals surface area contributed by atoms with E-state index in [1.54, 1.807) is 20.8 Å². The van der Waals surface area contributed by atoms with Gasteiger partial charge in [-0.1, -0.05) is 18.7 Å². The monoisotopic (exact) mass is 422 g/mol. The van der Waals surface area contributed by atoms with Crippen molar-refractivity contribution >= 4 is 39.0 Å². The van der Waals surface area contributed by atoms with Gasteiger partial charge < -0.3 is 4.74 Å². The van der Waals surface area contributed by atoms with Crippen molar-refractivity contribution in [2.45, 2.75) is 46.3 Å². The molecule has 0 bridgehead atoms. The van der Waals surface area contributed by atoms with Crippen molar-refractivity contribution in [3.8, 4) is 0 Å². The minimum atomic E-state index is -0.684. The molecule has 0 aliphatic carbocycles. The van der Waals surface area contributed by atoms with Crippen LogP contribution in [0.5, 0.6) is 0 Å². The Morgan fingerprint density at radius 3 is 2.58 bits per heavy atom. The number of halogens is 3. The van der Waals surface area contributed by atoms with Gasteiger partial charge in [-0.15, -0.1) is 0 Å². The lowest BCUT2D eigenvalue weighted by molar-refractivity contribution is 0.0564. The van der Waals surface area contributed by atoms with E-state index in [4.69, 9.17) is 4.74 Å². The second-order valence-electron chi connectivity index (χ2n) is 5.95. The first-order valence-corrected chi connectivity index (χ1v) is 9.21. The summed E-state index contributed by atoms with van der Waals surface area (Å²) in [5.74, 6) is -0.617. The molecule has 0 spiro atoms. The van der Waals surface area contributed by atoms with Gasteiger partial charge in [0.05, 0.1) is 11.0 Å². The molecule has 0 aromatic heterocycles. The average molecular weight is 423 g/mol. The third-order valence-corrected chi connectivity index (χ3v) is 4.26. The number of rotatable bonds is 4. The molecule has 0 saturated heterocycles. The lowest BCUT2D eigenvalue weighted by atomic mass is 10.2. The molecular weight excluding hydrogens is 402 g/mol. The van der Waals surface area contributed by atoms with E-state index < -0.39 is 23.3 Å². The maximum Gasteiger partial charge on any atom is 0.413 e. The number of aliphatic imine (C=N–C) groups is 1. The number of alkyl carbamates (subject to hydrolysis) is 1. The summed E-state index contributed by atoms with van der Waals surface area (Å²) in [4.78, 5) is 16.1. The van der Waals surface area contributed by atoms with Gasteiger partial charge in [0.25, 0.3) is 0 Å². The number of ether oxygens (including phenoxy) is 1. The Morgan fingerprint density at radius 1 is 1.33 bits per heavy atom. The number of nitrogens with one attached hydrogen (secondary N) is 1. The van der Waals surface area contributed by atoms with Crippen LogP contribution in [0.15, 0.2) is 21.6 Å². The smallest absolute Gasteiger partial charge is 0.413 e. The highest BCUT2D eigenvalue weighted by Gasteiger charge is 2.17. The quantitative estimate of drug-likeness (QED) is 0.409. The minimum Gasteiger partial charge on any atom is -0.444 e. The number of benzene rings is 1. The lowest BCUT2D eigenvalue weighted by Gasteiger charge is -2.20. The Morgan fingerprint density at radius 2 is 2.00 bits per heavy atom. The van der Waals surface area contributed by atoms with Crippen molar-refractivity contribution in [3.05, 3.63) is 33.8 Å². The van der Waals surface area contributed by atoms with Crippen LogP contribution in [0, 0.1) is 11.6 Å². The molecule has 0 atom stereocenters. The Hall–Kier alpha value is -1.15. The molecule has 1 N–H and O–H groups in total. The second kappa shape index (κ2) is 9.36. The molecule has 1 aromatic rings. The van der Waals surface area contributed by atoms with Crippen LogP contribution in [0.3, 0.4) is 0 Å². The Labute approximate surface area is 153 Å². The molecule has 0 fully saturated rings. The second-order valence-corrected chi connectivity index (χ2v) is 7.89. The molecule has 134 valence electrons. The standard InChI is InChI=1S/C16H21BrF2N2O2S/c1-5-6-24-14(21-15(22)23-16(2,3)4)20-9-10-7-11(17)13(19)8-12(10)18/h7-8H,5-6,9H2,1-4H3,(H,20,21,22). The molecular formula is C16H21BrF2N2O2S. The molecule has 0 aliphatic heterocycles. The van der Waals surface area contributed by atoms with E-state index in [1.165, 1.54) is 17.8 Å². The van der Waals surface area contributed by atoms with Crippen LogP contribution >= 0.6 is 27.7 Å². The van der Waals surface area contributed by atoms with E-state index in [2.05, 4.69) is 26.2 Å². The number of carbonyl (C=O) groups is 1. The van der Waals surface area contributed by atoms with Crippen molar-refractivity contribution in [3.63, 3.8) is 0 Å². The Kier molecular flexibility index (Phi) is 8.15. The van der Waals surface area contributed by atoms with Gasteiger partial charge >= 0.3 is 6.09 Å². The van der Waals surface area contributed by atoms with E-state index >= 15 is 0 Å². The zero-order chi connectivity index (χ0) is 18.3. The van der Waals surface area contributed by atoms with E-state index in [-0.39, 0.29) is 16.6 Å². The molecule has 1 amide bonds. The van der Waals surface area contributed by atoms with E-state index in [0.717, 1.165) is 18.2 Å². The van der Waals surface area contributed by atoms with Crippen molar-refractivity contribution in [2.75, 3.05) is 5.75 Å². The van der Waals surface area contributed by atoms with Gasteiger partial charge in [-0.2, -0.15) is 0 Å². The van der Waals surface area contributed by atoms with Crippen molar-refractivity contribution in [1.29, 1.82) is 0 Å². The van der Waals surface area contributed by atoms with E-state index in [9.17, 15) is 13.6 Å². The number of hydrogen-bond donors (Lipinski definition) is 1. The summed E-state index contributed by atoms with van der Waals surface area (Å²) in [5, 5.41) is 2.91. The number of amidine groups is 1. The topological polar surface area (TPSA) is 50.7 Å². The fourth-order valence-electron chi connectivity index (χ4n) is 1.55. The van der Waals surface area contributed by atoms with E-state index in [0.29, 0.717) is 5.17 Å². The predicted octanol–water partition coefficient (Wildman–Crippen LogP) is 5.25. The van der Waals surface area contributed by atoms with Crippen molar-refractivity contribution < 1.29 is 18.3 Å². The van der Waals surface area contributed by atoms with Gasteiger partial charge in [0.15, 0.2) is 5.17 Å². The zero-order valence-electron chi connectivity index (χ0n) is 14.1. The normalized spacial score (nSPS) is 12.2. The molecule has 8 heteroatoms. The summed E-state index contributed by atoms with van der Waals surface area (Å²) in [6, 6.07) is 2.14. The first-order valence-electron chi connectivity index (χ1n) is 7.43. The van der Waals surface area contributed by atoms with Crippen LogP contribution in [0.4, 0.5) is 13.6 Å². The number of hydrogen-bond acceptors (Lipinski definition) is 4. The number of carbonyl (C=O) groups excluding carboxylic acids is 1. The van der Waals surface area contributed by atoms with Gasteiger partial charge in [-0.25, -0.2) is 13.6 Å². The van der Waals surface area contributed by atoms with Gasteiger partial charge in [0.1, 0.15) is 17.2 Å². The van der Waals surface area contributed by atoms with Crippen LogP contribution in [0.25, 0.3) is 0 Å². The van der Waals surface area contributed by atoms with Crippen molar-refractivity contribution in [1.82, 2.24) is 5.32 Å². The molecule has 1 rings (SSSR count). The van der Waals surface area contributed by atoms with Gasteiger partial charge in [-0.05, 0) is 49.2 Å².